The number of carbonyl (C=O) groups is 1. The largest absolute Gasteiger partial charge is 0.371 e. The van der Waals surface area contributed by atoms with Crippen molar-refractivity contribution in [1.29, 1.82) is 0 Å². The van der Waals surface area contributed by atoms with Crippen molar-refractivity contribution in [3.63, 3.8) is 0 Å². The van der Waals surface area contributed by atoms with Gasteiger partial charge in [-0.25, -0.2) is 0 Å². The molecule has 0 aromatic heterocycles. The minimum atomic E-state index is -1.79. The molecule has 184 valence electrons. The summed E-state index contributed by atoms with van der Waals surface area (Å²) in [5.41, 5.74) is 3.03. The van der Waals surface area contributed by atoms with Crippen molar-refractivity contribution in [2.24, 2.45) is 17.8 Å². The standard InChI is InChI=1S/C31H38O3Si/c1-22-17-18-24(20-32)30-29(22)28-19-26(35(2,3)25-13-8-5-9-14-25)15-10-16-27(31(30)34-28)33-21-23-11-6-4-7-12-23/h4-15,17,20,24,26-31H,16,18-19,21H2,1-3H3/b15-10-/t24-,26+,27-,28-,29+,30-,31+/m0/s1. The van der Waals surface area contributed by atoms with E-state index in [9.17, 15) is 4.79 Å². The lowest BCUT2D eigenvalue weighted by atomic mass is 9.68. The lowest BCUT2D eigenvalue weighted by Crippen LogP contribution is -2.47. The van der Waals surface area contributed by atoms with E-state index in [-0.39, 0.29) is 30.1 Å². The van der Waals surface area contributed by atoms with Crippen molar-refractivity contribution in [1.82, 2.24) is 0 Å². The molecule has 2 heterocycles. The highest BCUT2D eigenvalue weighted by Crippen LogP contribution is 2.51. The maximum Gasteiger partial charge on any atom is 0.123 e. The molecule has 1 fully saturated rings. The van der Waals surface area contributed by atoms with Gasteiger partial charge in [-0.1, -0.05) is 103 Å². The van der Waals surface area contributed by atoms with Gasteiger partial charge >= 0.3 is 0 Å². The fourth-order valence-corrected chi connectivity index (χ4v) is 9.55. The third-order valence-electron chi connectivity index (χ3n) is 8.77. The molecule has 0 radical (unpaired) electrons. The van der Waals surface area contributed by atoms with Crippen LogP contribution in [0.1, 0.15) is 31.7 Å². The Morgan fingerprint density at radius 1 is 1.03 bits per heavy atom. The van der Waals surface area contributed by atoms with E-state index in [2.05, 4.69) is 92.8 Å². The average Bonchev–Trinajstić information content (AvgIpc) is 3.30. The molecule has 2 aromatic carbocycles. The number of allylic oxidation sites excluding steroid dienone is 2. The first kappa shape index (κ1) is 24.4. The molecule has 0 saturated carbocycles. The number of hydrogen-bond donors (Lipinski definition) is 0. The summed E-state index contributed by atoms with van der Waals surface area (Å²) in [5, 5.41) is 1.48. The first-order chi connectivity index (χ1) is 17.0. The van der Waals surface area contributed by atoms with Crippen molar-refractivity contribution >= 4 is 19.5 Å². The minimum Gasteiger partial charge on any atom is -0.371 e. The maximum atomic E-state index is 12.2. The summed E-state index contributed by atoms with van der Waals surface area (Å²) in [5.74, 6) is 0.487. The van der Waals surface area contributed by atoms with E-state index in [0.29, 0.717) is 18.1 Å². The molecule has 3 aliphatic rings. The first-order valence-corrected chi connectivity index (χ1v) is 16.2. The van der Waals surface area contributed by atoms with Gasteiger partial charge in [0.25, 0.3) is 0 Å². The van der Waals surface area contributed by atoms with Gasteiger partial charge in [0.1, 0.15) is 6.29 Å². The first-order valence-electron chi connectivity index (χ1n) is 13.1. The van der Waals surface area contributed by atoms with Gasteiger partial charge < -0.3 is 14.3 Å². The van der Waals surface area contributed by atoms with Crippen molar-refractivity contribution in [3.05, 3.63) is 90.0 Å². The molecule has 2 aliphatic heterocycles. The van der Waals surface area contributed by atoms with Crippen LogP contribution in [0.2, 0.25) is 18.6 Å². The second-order valence-corrected chi connectivity index (χ2v) is 15.9. The van der Waals surface area contributed by atoms with Crippen LogP contribution in [-0.4, -0.2) is 32.7 Å². The van der Waals surface area contributed by atoms with Crippen LogP contribution in [0.25, 0.3) is 0 Å². The number of carbonyl (C=O) groups excluding carboxylic acids is 1. The smallest absolute Gasteiger partial charge is 0.123 e. The molecule has 0 amide bonds. The highest BCUT2D eigenvalue weighted by atomic mass is 28.3. The third kappa shape index (κ3) is 4.89. The van der Waals surface area contributed by atoms with Crippen molar-refractivity contribution < 1.29 is 14.3 Å². The number of ether oxygens (including phenoxy) is 2. The summed E-state index contributed by atoms with van der Waals surface area (Å²) in [7, 11) is -1.79. The maximum absolute atomic E-state index is 12.2. The van der Waals surface area contributed by atoms with E-state index >= 15 is 0 Å². The summed E-state index contributed by atoms with van der Waals surface area (Å²) in [6, 6.07) is 21.4. The van der Waals surface area contributed by atoms with Crippen LogP contribution in [-0.2, 0) is 20.9 Å². The lowest BCUT2D eigenvalue weighted by molar-refractivity contribution is -0.117. The van der Waals surface area contributed by atoms with Crippen LogP contribution in [0.4, 0.5) is 0 Å². The van der Waals surface area contributed by atoms with Gasteiger partial charge in [-0.15, -0.1) is 0 Å². The van der Waals surface area contributed by atoms with E-state index in [1.54, 1.807) is 0 Å². The molecule has 7 atom stereocenters. The second-order valence-electron chi connectivity index (χ2n) is 11.2. The summed E-state index contributed by atoms with van der Waals surface area (Å²) >= 11 is 0. The van der Waals surface area contributed by atoms with Crippen LogP contribution >= 0.6 is 0 Å². The summed E-state index contributed by atoms with van der Waals surface area (Å²) < 4.78 is 13.5. The molecule has 2 bridgehead atoms. The molecular weight excluding hydrogens is 448 g/mol. The molecule has 0 unspecified atom stereocenters. The zero-order valence-corrected chi connectivity index (χ0v) is 22.2. The second kappa shape index (κ2) is 10.4. The van der Waals surface area contributed by atoms with Crippen LogP contribution < -0.4 is 5.19 Å². The Balaban J connectivity index is 1.49. The SMILES string of the molecule is CC1=CC[C@@H](C=O)[C@@H]2[C@@H]3O[C@@H](C[C@H]([Si](C)(C)c4ccccc4)/C=C\C[C@@H]3OCc3ccccc3)[C@@H]12. The molecule has 2 aromatic rings. The molecule has 3 nitrogen and oxygen atoms in total. The van der Waals surface area contributed by atoms with Gasteiger partial charge in [-0.3, -0.25) is 0 Å². The van der Waals surface area contributed by atoms with Gasteiger partial charge in [0, 0.05) is 17.8 Å². The Morgan fingerprint density at radius 2 is 1.74 bits per heavy atom. The van der Waals surface area contributed by atoms with Gasteiger partial charge in [0.15, 0.2) is 0 Å². The van der Waals surface area contributed by atoms with E-state index in [4.69, 9.17) is 9.47 Å². The predicted octanol–water partition coefficient (Wildman–Crippen LogP) is 6.07. The molecule has 1 saturated heterocycles. The highest BCUT2D eigenvalue weighted by molar-refractivity contribution is 6.91. The molecule has 0 N–H and O–H groups in total. The molecule has 1 aliphatic carbocycles. The molecule has 35 heavy (non-hydrogen) atoms. The van der Waals surface area contributed by atoms with Crippen LogP contribution in [0.3, 0.4) is 0 Å². The van der Waals surface area contributed by atoms with Crippen LogP contribution in [0.15, 0.2) is 84.5 Å². The topological polar surface area (TPSA) is 35.5 Å². The molecule has 5 rings (SSSR count). The summed E-state index contributed by atoms with van der Waals surface area (Å²) in [6.07, 6.45) is 10.9. The van der Waals surface area contributed by atoms with Crippen molar-refractivity contribution in [2.75, 3.05) is 0 Å². The number of aldehydes is 1. The van der Waals surface area contributed by atoms with Crippen LogP contribution in [0.5, 0.6) is 0 Å². The Labute approximate surface area is 211 Å². The fraction of sp³-hybridized carbons (Fsp3) is 0.452. The number of fused-ring (bicyclic) bond motifs is 5. The van der Waals surface area contributed by atoms with Gasteiger partial charge in [0.05, 0.1) is 33.0 Å². The van der Waals surface area contributed by atoms with Crippen molar-refractivity contribution in [3.8, 4) is 0 Å². The van der Waals surface area contributed by atoms with Crippen LogP contribution in [0, 0.1) is 17.8 Å². The van der Waals surface area contributed by atoms with Gasteiger partial charge in [-0.05, 0) is 37.3 Å². The fourth-order valence-electron chi connectivity index (χ4n) is 6.63. The van der Waals surface area contributed by atoms with Crippen molar-refractivity contribution in [2.45, 2.75) is 69.7 Å². The Bertz CT molecular complexity index is 1060. The Morgan fingerprint density at radius 3 is 2.46 bits per heavy atom. The van der Waals surface area contributed by atoms with E-state index < -0.39 is 8.07 Å². The lowest BCUT2D eigenvalue weighted by Gasteiger charge is -2.37. The quantitative estimate of drug-likeness (QED) is 0.282. The van der Waals surface area contributed by atoms with Gasteiger partial charge in [0.2, 0.25) is 0 Å². The number of benzene rings is 2. The van der Waals surface area contributed by atoms with E-state index in [1.165, 1.54) is 22.6 Å². The summed E-state index contributed by atoms with van der Waals surface area (Å²) in [4.78, 5) is 12.2. The monoisotopic (exact) mass is 486 g/mol. The minimum absolute atomic E-state index is 0.00256. The molecular formula is C31H38O3Si. The average molecular weight is 487 g/mol. The predicted molar refractivity (Wildman–Crippen MR) is 144 cm³/mol. The highest BCUT2D eigenvalue weighted by Gasteiger charge is 2.53. The zero-order chi connectivity index (χ0) is 24.4. The number of rotatable bonds is 6. The Kier molecular flexibility index (Phi) is 7.24. The molecule has 4 heteroatoms. The summed E-state index contributed by atoms with van der Waals surface area (Å²) in [6.45, 7) is 7.78. The number of hydrogen-bond acceptors (Lipinski definition) is 3. The Hall–Kier alpha value is -2.27. The van der Waals surface area contributed by atoms with E-state index in [1.807, 2.05) is 6.07 Å². The zero-order valence-electron chi connectivity index (χ0n) is 21.2. The van der Waals surface area contributed by atoms with Gasteiger partial charge in [-0.2, -0.15) is 0 Å². The normalized spacial score (nSPS) is 33.6. The molecule has 0 spiro atoms. The third-order valence-corrected chi connectivity index (χ3v) is 12.9. The van der Waals surface area contributed by atoms with E-state index in [0.717, 1.165) is 19.3 Å².